The zero-order chi connectivity index (χ0) is 11.4. The van der Waals surface area contributed by atoms with Gasteiger partial charge in [0.05, 0.1) is 6.04 Å². The molecule has 84 valence electrons. The second-order valence-electron chi connectivity index (χ2n) is 3.50. The van der Waals surface area contributed by atoms with Crippen LogP contribution in [0.4, 0.5) is 5.82 Å². The maximum absolute atomic E-state index is 11.8. The topological polar surface area (TPSA) is 54.0 Å². The van der Waals surface area contributed by atoms with Crippen molar-refractivity contribution >= 4 is 27.7 Å². The fourth-order valence-electron chi connectivity index (χ4n) is 1.50. The monoisotopic (exact) mass is 281 g/mol. The Hall–Kier alpha value is -1.20. The Morgan fingerprint density at radius 2 is 2.38 bits per heavy atom. The molecule has 1 aliphatic rings. The Balaban J connectivity index is 1.99. The highest BCUT2D eigenvalue weighted by atomic mass is 79.9. The van der Waals surface area contributed by atoms with Gasteiger partial charge in [-0.25, -0.2) is 4.98 Å². The number of pyridine rings is 1. The summed E-state index contributed by atoms with van der Waals surface area (Å²) >= 11 is 3.26. The van der Waals surface area contributed by atoms with E-state index in [0.717, 1.165) is 13.0 Å². The number of rotatable bonds is 2. The minimum Gasteiger partial charge on any atom is -0.309 e. The van der Waals surface area contributed by atoms with Gasteiger partial charge < -0.3 is 10.6 Å². The summed E-state index contributed by atoms with van der Waals surface area (Å²) in [5.74, 6) is 0.519. The van der Waals surface area contributed by atoms with Gasteiger partial charge in [0, 0.05) is 6.54 Å². The Kier molecular flexibility index (Phi) is 3.69. The molecule has 5 heteroatoms. The molecule has 1 aromatic rings. The van der Waals surface area contributed by atoms with Gasteiger partial charge in [-0.15, -0.1) is 0 Å². The minimum atomic E-state index is -0.161. The summed E-state index contributed by atoms with van der Waals surface area (Å²) in [7, 11) is 0. The number of aromatic nitrogens is 1. The van der Waals surface area contributed by atoms with Gasteiger partial charge in [-0.3, -0.25) is 4.79 Å². The summed E-state index contributed by atoms with van der Waals surface area (Å²) in [4.78, 5) is 16.0. The first-order valence-electron chi connectivity index (χ1n) is 5.07. The lowest BCUT2D eigenvalue weighted by Gasteiger charge is -2.18. The fraction of sp³-hybridized carbons (Fsp3) is 0.273. The first kappa shape index (κ1) is 11.3. The van der Waals surface area contributed by atoms with E-state index >= 15 is 0 Å². The fourth-order valence-corrected chi connectivity index (χ4v) is 1.84. The second-order valence-corrected chi connectivity index (χ2v) is 4.32. The van der Waals surface area contributed by atoms with Crippen LogP contribution in [-0.4, -0.2) is 23.5 Å². The van der Waals surface area contributed by atoms with Crippen molar-refractivity contribution < 1.29 is 4.79 Å². The predicted octanol–water partition coefficient (Wildman–Crippen LogP) is 1.70. The van der Waals surface area contributed by atoms with Crippen molar-refractivity contribution in [3.8, 4) is 0 Å². The standard InChI is InChI=1S/C11H12BrN3O/c12-9-5-3-6-10(14-9)15-11(16)8-4-1-2-7-13-8/h1-3,5-6,8,13H,4,7H2,(H,14,15,16)/t8-/m0/s1. The quantitative estimate of drug-likeness (QED) is 0.641. The highest BCUT2D eigenvalue weighted by molar-refractivity contribution is 9.10. The molecule has 2 rings (SSSR count). The molecule has 2 heterocycles. The Morgan fingerprint density at radius 3 is 3.06 bits per heavy atom. The molecule has 2 N–H and O–H groups in total. The van der Waals surface area contributed by atoms with E-state index in [1.165, 1.54) is 0 Å². The number of hydrogen-bond acceptors (Lipinski definition) is 3. The first-order valence-corrected chi connectivity index (χ1v) is 5.87. The molecule has 0 aromatic carbocycles. The number of amides is 1. The number of halogens is 1. The van der Waals surface area contributed by atoms with Gasteiger partial charge in [0.2, 0.25) is 5.91 Å². The zero-order valence-corrected chi connectivity index (χ0v) is 10.2. The van der Waals surface area contributed by atoms with Crippen LogP contribution in [0.25, 0.3) is 0 Å². The van der Waals surface area contributed by atoms with Crippen LogP contribution < -0.4 is 10.6 Å². The van der Waals surface area contributed by atoms with Gasteiger partial charge in [-0.2, -0.15) is 0 Å². The van der Waals surface area contributed by atoms with Crippen molar-refractivity contribution in [3.05, 3.63) is 35.0 Å². The molecule has 0 radical (unpaired) electrons. The van der Waals surface area contributed by atoms with E-state index in [0.29, 0.717) is 10.4 Å². The van der Waals surface area contributed by atoms with E-state index in [4.69, 9.17) is 0 Å². The van der Waals surface area contributed by atoms with Crippen molar-refractivity contribution in [3.63, 3.8) is 0 Å². The molecule has 1 aromatic heterocycles. The molecule has 0 unspecified atom stereocenters. The van der Waals surface area contributed by atoms with Gasteiger partial charge in [-0.05, 0) is 34.5 Å². The lowest BCUT2D eigenvalue weighted by Crippen LogP contribution is -2.42. The van der Waals surface area contributed by atoms with Crippen molar-refractivity contribution in [2.24, 2.45) is 0 Å². The van der Waals surface area contributed by atoms with Crippen molar-refractivity contribution in [2.45, 2.75) is 12.5 Å². The Labute approximate surface area is 102 Å². The molecule has 0 aliphatic carbocycles. The predicted molar refractivity (Wildman–Crippen MR) is 66.1 cm³/mol. The van der Waals surface area contributed by atoms with Crippen LogP contribution >= 0.6 is 15.9 Å². The summed E-state index contributed by atoms with van der Waals surface area (Å²) in [5, 5.41) is 5.89. The van der Waals surface area contributed by atoms with Crippen molar-refractivity contribution in [1.82, 2.24) is 10.3 Å². The summed E-state index contributed by atoms with van der Waals surface area (Å²) in [5.41, 5.74) is 0. The summed E-state index contributed by atoms with van der Waals surface area (Å²) in [6.45, 7) is 0.740. The number of nitrogens with zero attached hydrogens (tertiary/aromatic N) is 1. The van der Waals surface area contributed by atoms with E-state index in [-0.39, 0.29) is 11.9 Å². The summed E-state index contributed by atoms with van der Waals surface area (Å²) < 4.78 is 0.710. The molecule has 0 saturated carbocycles. The summed E-state index contributed by atoms with van der Waals surface area (Å²) in [6.07, 6.45) is 4.75. The highest BCUT2D eigenvalue weighted by Crippen LogP contribution is 2.11. The van der Waals surface area contributed by atoms with Gasteiger partial charge in [0.25, 0.3) is 0 Å². The zero-order valence-electron chi connectivity index (χ0n) is 8.61. The summed E-state index contributed by atoms with van der Waals surface area (Å²) in [6, 6.07) is 5.25. The SMILES string of the molecule is O=C(Nc1cccc(Br)n1)[C@@H]1CC=CCN1. The van der Waals surface area contributed by atoms with E-state index in [9.17, 15) is 4.79 Å². The van der Waals surface area contributed by atoms with Crippen molar-refractivity contribution in [1.29, 1.82) is 0 Å². The molecule has 1 amide bonds. The van der Waals surface area contributed by atoms with Gasteiger partial charge >= 0.3 is 0 Å². The van der Waals surface area contributed by atoms with Gasteiger partial charge in [0.1, 0.15) is 10.4 Å². The van der Waals surface area contributed by atoms with E-state index in [1.807, 2.05) is 24.3 Å². The van der Waals surface area contributed by atoms with Gasteiger partial charge in [-0.1, -0.05) is 18.2 Å². The molecule has 0 spiro atoms. The van der Waals surface area contributed by atoms with E-state index in [1.54, 1.807) is 6.07 Å². The molecule has 4 nitrogen and oxygen atoms in total. The molecule has 16 heavy (non-hydrogen) atoms. The maximum atomic E-state index is 11.8. The number of carbonyl (C=O) groups excluding carboxylic acids is 1. The largest absolute Gasteiger partial charge is 0.309 e. The van der Waals surface area contributed by atoms with E-state index < -0.39 is 0 Å². The molecular weight excluding hydrogens is 270 g/mol. The molecule has 0 saturated heterocycles. The lowest BCUT2D eigenvalue weighted by molar-refractivity contribution is -0.118. The Bertz CT molecular complexity index is 419. The van der Waals surface area contributed by atoms with Crippen molar-refractivity contribution in [2.75, 3.05) is 11.9 Å². The molecule has 1 atom stereocenters. The smallest absolute Gasteiger partial charge is 0.242 e. The van der Waals surface area contributed by atoms with Gasteiger partial charge in [0.15, 0.2) is 0 Å². The number of hydrogen-bond donors (Lipinski definition) is 2. The van der Waals surface area contributed by atoms with Crippen LogP contribution in [-0.2, 0) is 4.79 Å². The molecule has 1 aliphatic heterocycles. The third kappa shape index (κ3) is 2.90. The first-order chi connectivity index (χ1) is 7.75. The molecular formula is C11H12BrN3O. The van der Waals surface area contributed by atoms with E-state index in [2.05, 4.69) is 31.5 Å². The van der Waals surface area contributed by atoms with Crippen LogP contribution in [0.5, 0.6) is 0 Å². The molecule has 0 bridgehead atoms. The number of carbonyl (C=O) groups is 1. The lowest BCUT2D eigenvalue weighted by atomic mass is 10.1. The van der Waals surface area contributed by atoms with Crippen LogP contribution in [0.15, 0.2) is 35.0 Å². The third-order valence-corrected chi connectivity index (χ3v) is 2.75. The normalized spacial score (nSPS) is 19.4. The second kappa shape index (κ2) is 5.23. The van der Waals surface area contributed by atoms with Crippen LogP contribution in [0, 0.1) is 0 Å². The minimum absolute atomic E-state index is 0.0463. The highest BCUT2D eigenvalue weighted by Gasteiger charge is 2.18. The third-order valence-electron chi connectivity index (χ3n) is 2.30. The number of anilines is 1. The Morgan fingerprint density at radius 1 is 1.50 bits per heavy atom. The van der Waals surface area contributed by atoms with Crippen LogP contribution in [0.1, 0.15) is 6.42 Å². The average molecular weight is 282 g/mol. The number of nitrogens with one attached hydrogen (secondary N) is 2. The maximum Gasteiger partial charge on any atom is 0.242 e. The van der Waals surface area contributed by atoms with Crippen LogP contribution in [0.2, 0.25) is 0 Å². The average Bonchev–Trinajstić information content (AvgIpc) is 2.30. The molecule has 0 fully saturated rings. The van der Waals surface area contributed by atoms with Crippen LogP contribution in [0.3, 0.4) is 0 Å².